The maximum atomic E-state index is 12.9. The summed E-state index contributed by atoms with van der Waals surface area (Å²) in [7, 11) is -9.87. The third kappa shape index (κ3) is 55.3. The van der Waals surface area contributed by atoms with Crippen molar-refractivity contribution in [2.75, 3.05) is 39.6 Å². The lowest BCUT2D eigenvalue weighted by molar-refractivity contribution is -0.161. The van der Waals surface area contributed by atoms with E-state index in [1.54, 1.807) is 0 Å². The Labute approximate surface area is 486 Å². The number of phosphoric acid groups is 2. The molecule has 0 rings (SSSR count). The van der Waals surface area contributed by atoms with Gasteiger partial charge >= 0.3 is 39.5 Å². The van der Waals surface area contributed by atoms with Crippen LogP contribution in [-0.2, 0) is 65.4 Å². The van der Waals surface area contributed by atoms with Crippen LogP contribution in [0.15, 0.2) is 0 Å². The second-order valence-corrected chi connectivity index (χ2v) is 25.9. The molecule has 0 aromatic rings. The normalized spacial score (nSPS) is 14.4. The highest BCUT2D eigenvalue weighted by Crippen LogP contribution is 2.45. The minimum absolute atomic E-state index is 0.105. The van der Waals surface area contributed by atoms with Crippen LogP contribution in [0.2, 0.25) is 0 Å². The number of hydrogen-bond donors (Lipinski definition) is 3. The summed E-state index contributed by atoms with van der Waals surface area (Å²) in [4.78, 5) is 71.9. The van der Waals surface area contributed by atoms with Crippen LogP contribution < -0.4 is 0 Å². The monoisotopic (exact) mass is 1180 g/mol. The molecule has 5 atom stereocenters. The zero-order chi connectivity index (χ0) is 59.4. The molecule has 17 nitrogen and oxygen atoms in total. The van der Waals surface area contributed by atoms with Crippen molar-refractivity contribution in [2.45, 2.75) is 317 Å². The zero-order valence-corrected chi connectivity index (χ0v) is 53.2. The molecule has 0 bridgehead atoms. The van der Waals surface area contributed by atoms with Gasteiger partial charge in [-0.15, -0.1) is 0 Å². The fraction of sp³-hybridized carbons (Fsp3) is 0.934. The minimum Gasteiger partial charge on any atom is -0.462 e. The fourth-order valence-corrected chi connectivity index (χ4v) is 10.6. The van der Waals surface area contributed by atoms with Crippen molar-refractivity contribution in [2.24, 2.45) is 11.8 Å². The molecular weight excluding hydrogens is 1070 g/mol. The highest BCUT2D eigenvalue weighted by Gasteiger charge is 2.30. The van der Waals surface area contributed by atoms with E-state index in [0.717, 1.165) is 115 Å². The number of rotatable bonds is 60. The molecule has 2 unspecified atom stereocenters. The van der Waals surface area contributed by atoms with Gasteiger partial charge in [0.1, 0.15) is 19.3 Å². The molecule has 0 spiro atoms. The lowest BCUT2D eigenvalue weighted by atomic mass is 10.0. The molecule has 0 aromatic carbocycles. The van der Waals surface area contributed by atoms with Gasteiger partial charge in [0.15, 0.2) is 12.2 Å². The van der Waals surface area contributed by atoms with E-state index >= 15 is 0 Å². The third-order valence-corrected chi connectivity index (χ3v) is 15.9. The van der Waals surface area contributed by atoms with E-state index in [0.29, 0.717) is 25.7 Å². The first-order valence-electron chi connectivity index (χ1n) is 32.0. The smallest absolute Gasteiger partial charge is 0.462 e. The Balaban J connectivity index is 5.22. The number of esters is 4. The Hall–Kier alpha value is -1.94. The molecular formula is C61H118O17P2. The van der Waals surface area contributed by atoms with Crippen LogP contribution in [0.1, 0.15) is 298 Å². The van der Waals surface area contributed by atoms with Crippen LogP contribution in [0.3, 0.4) is 0 Å². The van der Waals surface area contributed by atoms with Crippen molar-refractivity contribution in [3.05, 3.63) is 0 Å². The molecule has 0 aromatic heterocycles. The van der Waals surface area contributed by atoms with Gasteiger partial charge < -0.3 is 33.8 Å². The molecule has 0 aliphatic carbocycles. The molecule has 0 aliphatic heterocycles. The highest BCUT2D eigenvalue weighted by molar-refractivity contribution is 7.47. The fourth-order valence-electron chi connectivity index (χ4n) is 9.00. The van der Waals surface area contributed by atoms with Gasteiger partial charge in [0.2, 0.25) is 0 Å². The molecule has 3 N–H and O–H groups in total. The third-order valence-electron chi connectivity index (χ3n) is 14.0. The molecule has 19 heteroatoms. The Bertz CT molecular complexity index is 1580. The zero-order valence-electron chi connectivity index (χ0n) is 51.4. The number of aliphatic hydroxyl groups is 1. The van der Waals surface area contributed by atoms with E-state index in [9.17, 15) is 43.2 Å². The Morgan fingerprint density at radius 3 is 0.850 bits per heavy atom. The van der Waals surface area contributed by atoms with E-state index in [4.69, 9.17) is 37.0 Å². The Kier molecular flexibility index (Phi) is 52.5. The summed E-state index contributed by atoms with van der Waals surface area (Å²) in [5.41, 5.74) is 0. The minimum atomic E-state index is -4.94. The lowest BCUT2D eigenvalue weighted by Gasteiger charge is -2.21. The first-order chi connectivity index (χ1) is 38.4. The molecule has 0 aliphatic rings. The van der Waals surface area contributed by atoms with Gasteiger partial charge in [-0.05, 0) is 37.5 Å². The van der Waals surface area contributed by atoms with Crippen LogP contribution in [0.25, 0.3) is 0 Å². The van der Waals surface area contributed by atoms with Gasteiger partial charge in [-0.3, -0.25) is 37.3 Å². The van der Waals surface area contributed by atoms with Crippen molar-refractivity contribution in [1.29, 1.82) is 0 Å². The predicted molar refractivity (Wildman–Crippen MR) is 317 cm³/mol. The van der Waals surface area contributed by atoms with Crippen LogP contribution in [0.4, 0.5) is 0 Å². The lowest BCUT2D eigenvalue weighted by Crippen LogP contribution is -2.30. The number of carbonyl (C=O) groups excluding carboxylic acids is 4. The number of carbonyl (C=O) groups is 4. The number of ether oxygens (including phenoxy) is 4. The summed E-state index contributed by atoms with van der Waals surface area (Å²) in [5.74, 6) is -0.663. The van der Waals surface area contributed by atoms with Crippen molar-refractivity contribution in [3.63, 3.8) is 0 Å². The maximum Gasteiger partial charge on any atom is 0.472 e. The summed E-state index contributed by atoms with van der Waals surface area (Å²) in [5, 5.41) is 10.5. The molecule has 0 amide bonds. The summed E-state index contributed by atoms with van der Waals surface area (Å²) in [6, 6.07) is 0. The SMILES string of the molecule is CCCCCCCCCCCC(=O)O[C@H](COC(=O)CCCCCCCCC)COP(=O)(O)OC[C@H](O)COP(=O)(O)OC[C@@H](COC(=O)CCCCCCCCCCCC(C)C)OC(=O)CCCCCCCCCCCC(C)C. The topological polar surface area (TPSA) is 237 Å². The average Bonchev–Trinajstić information content (AvgIpc) is 3.41. The van der Waals surface area contributed by atoms with Crippen molar-refractivity contribution < 1.29 is 80.2 Å². The second kappa shape index (κ2) is 53.8. The predicted octanol–water partition coefficient (Wildman–Crippen LogP) is 16.5. The van der Waals surface area contributed by atoms with E-state index in [1.165, 1.54) is 103 Å². The summed E-state index contributed by atoms with van der Waals surface area (Å²) in [6.07, 6.45) is 34.9. The van der Waals surface area contributed by atoms with Gasteiger partial charge in [0, 0.05) is 25.7 Å². The van der Waals surface area contributed by atoms with Gasteiger partial charge in [0.25, 0.3) is 0 Å². The number of aliphatic hydroxyl groups excluding tert-OH is 1. The van der Waals surface area contributed by atoms with Crippen molar-refractivity contribution in [3.8, 4) is 0 Å². The van der Waals surface area contributed by atoms with E-state index in [-0.39, 0.29) is 25.7 Å². The van der Waals surface area contributed by atoms with Gasteiger partial charge in [-0.1, -0.05) is 247 Å². The summed E-state index contributed by atoms with van der Waals surface area (Å²) >= 11 is 0. The molecule has 0 heterocycles. The molecule has 474 valence electrons. The number of unbranched alkanes of at least 4 members (excludes halogenated alkanes) is 30. The van der Waals surface area contributed by atoms with Crippen molar-refractivity contribution >= 4 is 39.5 Å². The van der Waals surface area contributed by atoms with Crippen LogP contribution >= 0.6 is 15.6 Å². The molecule has 0 radical (unpaired) electrons. The number of hydrogen-bond acceptors (Lipinski definition) is 15. The molecule has 0 fully saturated rings. The Morgan fingerprint density at radius 1 is 0.338 bits per heavy atom. The Morgan fingerprint density at radius 2 is 0.575 bits per heavy atom. The van der Waals surface area contributed by atoms with E-state index in [2.05, 4.69) is 41.5 Å². The maximum absolute atomic E-state index is 12.9. The first kappa shape index (κ1) is 78.1. The van der Waals surface area contributed by atoms with Gasteiger partial charge in [-0.25, -0.2) is 9.13 Å². The van der Waals surface area contributed by atoms with E-state index in [1.807, 2.05) is 0 Å². The number of phosphoric ester groups is 2. The molecule has 0 saturated heterocycles. The molecule has 80 heavy (non-hydrogen) atoms. The largest absolute Gasteiger partial charge is 0.472 e. The highest BCUT2D eigenvalue weighted by atomic mass is 31.2. The van der Waals surface area contributed by atoms with Gasteiger partial charge in [-0.2, -0.15) is 0 Å². The summed E-state index contributed by atoms with van der Waals surface area (Å²) in [6.45, 7) is 9.37. The first-order valence-corrected chi connectivity index (χ1v) is 35.0. The second-order valence-electron chi connectivity index (χ2n) is 23.0. The summed E-state index contributed by atoms with van der Waals surface area (Å²) < 4.78 is 67.7. The quantitative estimate of drug-likeness (QED) is 0.0222. The van der Waals surface area contributed by atoms with Crippen molar-refractivity contribution in [1.82, 2.24) is 0 Å². The van der Waals surface area contributed by atoms with Crippen LogP contribution in [-0.4, -0.2) is 96.7 Å². The van der Waals surface area contributed by atoms with E-state index < -0.39 is 97.5 Å². The van der Waals surface area contributed by atoms with Crippen LogP contribution in [0, 0.1) is 11.8 Å². The average molecular weight is 1190 g/mol. The van der Waals surface area contributed by atoms with Gasteiger partial charge in [0.05, 0.1) is 26.4 Å². The van der Waals surface area contributed by atoms with Crippen LogP contribution in [0.5, 0.6) is 0 Å². The standard InChI is InChI=1S/C61H118O17P2/c1-7-9-11-13-15-18-27-33-39-45-60(65)77-56(49-71-58(63)43-37-31-23-14-12-10-8-2)51-75-79(67,68)73-47-55(62)48-74-80(69,70)76-52-57(78-61(66)46-40-34-28-22-17-20-25-30-36-42-54(5)6)50-72-59(64)44-38-32-26-21-16-19-24-29-35-41-53(3)4/h53-57,62H,7-52H2,1-6H3,(H,67,68)(H,69,70)/t55-,56+,57+/m0/s1. The molecule has 0 saturated carbocycles.